The first kappa shape index (κ1) is 13.9. The quantitative estimate of drug-likeness (QED) is 0.925. The van der Waals surface area contributed by atoms with Crippen LogP contribution in [0.3, 0.4) is 0 Å². The SMILES string of the molecule is NC(Cc1ccc(Br)cn1)C1CCCC(F)(F)C1. The average molecular weight is 319 g/mol. The van der Waals surface area contributed by atoms with Gasteiger partial charge in [0, 0.05) is 41.7 Å². The minimum Gasteiger partial charge on any atom is -0.327 e. The van der Waals surface area contributed by atoms with Crippen molar-refractivity contribution in [3.8, 4) is 0 Å². The van der Waals surface area contributed by atoms with E-state index in [9.17, 15) is 8.78 Å². The van der Waals surface area contributed by atoms with Crippen LogP contribution >= 0.6 is 15.9 Å². The lowest BCUT2D eigenvalue weighted by atomic mass is 9.80. The second-order valence-electron chi connectivity index (χ2n) is 5.05. The summed E-state index contributed by atoms with van der Waals surface area (Å²) < 4.78 is 27.6. The molecule has 100 valence electrons. The van der Waals surface area contributed by atoms with Crippen molar-refractivity contribution in [3.05, 3.63) is 28.5 Å². The standard InChI is InChI=1S/C13H17BrF2N2/c14-10-3-4-11(18-8-10)6-12(17)9-2-1-5-13(15,16)7-9/h3-4,8-9,12H,1-2,5-7,17H2. The Kier molecular flexibility index (Phi) is 4.33. The molecule has 1 aliphatic carbocycles. The molecule has 0 bridgehead atoms. The summed E-state index contributed by atoms with van der Waals surface area (Å²) in [6, 6.07) is 3.54. The van der Waals surface area contributed by atoms with Gasteiger partial charge in [0.25, 0.3) is 0 Å². The van der Waals surface area contributed by atoms with E-state index >= 15 is 0 Å². The minimum absolute atomic E-state index is 0.00670. The summed E-state index contributed by atoms with van der Waals surface area (Å²) in [6.07, 6.45) is 3.56. The first-order valence-electron chi connectivity index (χ1n) is 6.20. The average Bonchev–Trinajstić information content (AvgIpc) is 2.31. The van der Waals surface area contributed by atoms with Gasteiger partial charge in [-0.2, -0.15) is 0 Å². The van der Waals surface area contributed by atoms with E-state index in [0.29, 0.717) is 12.8 Å². The molecule has 0 saturated heterocycles. The maximum absolute atomic E-state index is 13.3. The van der Waals surface area contributed by atoms with Gasteiger partial charge in [-0.3, -0.25) is 4.98 Å². The van der Waals surface area contributed by atoms with Crippen molar-refractivity contribution in [2.75, 3.05) is 0 Å². The highest BCUT2D eigenvalue weighted by atomic mass is 79.9. The molecule has 2 unspecified atom stereocenters. The lowest BCUT2D eigenvalue weighted by molar-refractivity contribution is -0.0561. The molecular formula is C13H17BrF2N2. The zero-order valence-corrected chi connectivity index (χ0v) is 11.7. The Balaban J connectivity index is 1.95. The van der Waals surface area contributed by atoms with Gasteiger partial charge in [0.05, 0.1) is 0 Å². The number of halogens is 3. The second kappa shape index (κ2) is 5.61. The molecular weight excluding hydrogens is 302 g/mol. The Morgan fingerprint density at radius 3 is 2.89 bits per heavy atom. The maximum atomic E-state index is 13.3. The molecule has 1 heterocycles. The van der Waals surface area contributed by atoms with Crippen molar-refractivity contribution in [2.45, 2.75) is 44.1 Å². The van der Waals surface area contributed by atoms with Crippen molar-refractivity contribution in [1.29, 1.82) is 0 Å². The lowest BCUT2D eigenvalue weighted by Gasteiger charge is -2.32. The number of rotatable bonds is 3. The highest BCUT2D eigenvalue weighted by Gasteiger charge is 2.38. The van der Waals surface area contributed by atoms with Gasteiger partial charge < -0.3 is 5.73 Å². The van der Waals surface area contributed by atoms with E-state index in [1.807, 2.05) is 12.1 Å². The van der Waals surface area contributed by atoms with Crippen LogP contribution < -0.4 is 5.73 Å². The van der Waals surface area contributed by atoms with E-state index in [-0.39, 0.29) is 24.8 Å². The number of hydrogen-bond acceptors (Lipinski definition) is 2. The first-order valence-corrected chi connectivity index (χ1v) is 6.99. The fourth-order valence-electron chi connectivity index (χ4n) is 2.51. The van der Waals surface area contributed by atoms with Crippen LogP contribution in [0.4, 0.5) is 8.78 Å². The molecule has 0 radical (unpaired) electrons. The smallest absolute Gasteiger partial charge is 0.248 e. The Labute approximate surface area is 114 Å². The molecule has 0 aliphatic heterocycles. The number of aromatic nitrogens is 1. The molecule has 2 atom stereocenters. The zero-order chi connectivity index (χ0) is 13.2. The summed E-state index contributed by atoms with van der Waals surface area (Å²) in [5.41, 5.74) is 6.92. The van der Waals surface area contributed by atoms with Gasteiger partial charge in [0.15, 0.2) is 0 Å². The summed E-state index contributed by atoms with van der Waals surface area (Å²) in [5.74, 6) is -2.63. The fraction of sp³-hybridized carbons (Fsp3) is 0.615. The number of alkyl halides is 2. The van der Waals surface area contributed by atoms with Crippen molar-refractivity contribution in [2.24, 2.45) is 11.7 Å². The van der Waals surface area contributed by atoms with E-state index < -0.39 is 5.92 Å². The van der Waals surface area contributed by atoms with Crippen LogP contribution in [0.5, 0.6) is 0 Å². The molecule has 18 heavy (non-hydrogen) atoms. The van der Waals surface area contributed by atoms with Crippen LogP contribution in [0.15, 0.2) is 22.8 Å². The third-order valence-corrected chi connectivity index (χ3v) is 3.99. The summed E-state index contributed by atoms with van der Waals surface area (Å²) >= 11 is 3.31. The predicted octanol–water partition coefficient (Wildman–Crippen LogP) is 3.54. The third-order valence-electron chi connectivity index (χ3n) is 3.52. The number of pyridine rings is 1. The normalized spacial score (nSPS) is 24.8. The van der Waals surface area contributed by atoms with Crippen LogP contribution in [0, 0.1) is 5.92 Å². The number of nitrogens with two attached hydrogens (primary N) is 1. The predicted molar refractivity (Wildman–Crippen MR) is 70.5 cm³/mol. The van der Waals surface area contributed by atoms with E-state index in [2.05, 4.69) is 20.9 Å². The summed E-state index contributed by atoms with van der Waals surface area (Å²) in [6.45, 7) is 0. The molecule has 2 rings (SSSR count). The topological polar surface area (TPSA) is 38.9 Å². The lowest BCUT2D eigenvalue weighted by Crippen LogP contribution is -2.39. The molecule has 1 fully saturated rings. The number of nitrogens with zero attached hydrogens (tertiary/aromatic N) is 1. The van der Waals surface area contributed by atoms with E-state index in [1.165, 1.54) is 0 Å². The summed E-state index contributed by atoms with van der Waals surface area (Å²) in [4.78, 5) is 4.24. The van der Waals surface area contributed by atoms with Crippen LogP contribution in [0.2, 0.25) is 0 Å². The Bertz CT molecular complexity index is 394. The summed E-state index contributed by atoms with van der Waals surface area (Å²) in [7, 11) is 0. The van der Waals surface area contributed by atoms with E-state index in [1.54, 1.807) is 6.20 Å². The van der Waals surface area contributed by atoms with Crippen LogP contribution in [-0.2, 0) is 6.42 Å². The van der Waals surface area contributed by atoms with Gasteiger partial charge in [-0.05, 0) is 46.8 Å². The molecule has 0 amide bonds. The molecule has 2 nitrogen and oxygen atoms in total. The molecule has 1 aliphatic rings. The van der Waals surface area contributed by atoms with Crippen molar-refractivity contribution >= 4 is 15.9 Å². The minimum atomic E-state index is -2.53. The molecule has 5 heteroatoms. The van der Waals surface area contributed by atoms with Crippen molar-refractivity contribution in [1.82, 2.24) is 4.98 Å². The van der Waals surface area contributed by atoms with Gasteiger partial charge >= 0.3 is 0 Å². The molecule has 1 aromatic heterocycles. The number of hydrogen-bond donors (Lipinski definition) is 1. The second-order valence-corrected chi connectivity index (χ2v) is 5.96. The van der Waals surface area contributed by atoms with Gasteiger partial charge in [-0.25, -0.2) is 8.78 Å². The zero-order valence-electron chi connectivity index (χ0n) is 10.1. The monoisotopic (exact) mass is 318 g/mol. The van der Waals surface area contributed by atoms with Crippen LogP contribution in [0.25, 0.3) is 0 Å². The molecule has 2 N–H and O–H groups in total. The highest BCUT2D eigenvalue weighted by molar-refractivity contribution is 9.10. The summed E-state index contributed by atoms with van der Waals surface area (Å²) in [5, 5.41) is 0. The van der Waals surface area contributed by atoms with Gasteiger partial charge in [0.2, 0.25) is 5.92 Å². The Hall–Kier alpha value is -0.550. The highest BCUT2D eigenvalue weighted by Crippen LogP contribution is 2.38. The first-order chi connectivity index (χ1) is 8.46. The van der Waals surface area contributed by atoms with E-state index in [0.717, 1.165) is 16.6 Å². The molecule has 1 saturated carbocycles. The Morgan fingerprint density at radius 2 is 2.28 bits per heavy atom. The van der Waals surface area contributed by atoms with E-state index in [4.69, 9.17) is 5.73 Å². The maximum Gasteiger partial charge on any atom is 0.248 e. The molecule has 0 spiro atoms. The molecule has 0 aromatic carbocycles. The van der Waals surface area contributed by atoms with Gasteiger partial charge in [-0.15, -0.1) is 0 Å². The largest absolute Gasteiger partial charge is 0.327 e. The third kappa shape index (κ3) is 3.72. The van der Waals surface area contributed by atoms with Crippen LogP contribution in [0.1, 0.15) is 31.4 Å². The van der Waals surface area contributed by atoms with Crippen molar-refractivity contribution < 1.29 is 8.78 Å². The van der Waals surface area contributed by atoms with Gasteiger partial charge in [0.1, 0.15) is 0 Å². The molecule has 1 aromatic rings. The van der Waals surface area contributed by atoms with Crippen LogP contribution in [-0.4, -0.2) is 16.9 Å². The Morgan fingerprint density at radius 1 is 1.50 bits per heavy atom. The van der Waals surface area contributed by atoms with Crippen molar-refractivity contribution in [3.63, 3.8) is 0 Å². The van der Waals surface area contributed by atoms with Gasteiger partial charge in [-0.1, -0.05) is 0 Å². The fourth-order valence-corrected chi connectivity index (χ4v) is 2.75.